The van der Waals surface area contributed by atoms with E-state index in [9.17, 15) is 14.5 Å². The van der Waals surface area contributed by atoms with Crippen LogP contribution in [0.2, 0.25) is 0 Å². The first-order chi connectivity index (χ1) is 6.09. The largest absolute Gasteiger partial charge is 0.259 e. The third kappa shape index (κ3) is 2.66. The van der Waals surface area contributed by atoms with Crippen LogP contribution in [-0.2, 0) is 0 Å². The number of rotatable bonds is 2. The van der Waals surface area contributed by atoms with E-state index >= 15 is 0 Å². The number of nitro groups is 1. The third-order valence-electron chi connectivity index (χ3n) is 1.53. The van der Waals surface area contributed by atoms with Crippen LogP contribution in [0.15, 0.2) is 30.0 Å². The van der Waals surface area contributed by atoms with Gasteiger partial charge in [0.15, 0.2) is 0 Å². The zero-order chi connectivity index (χ0) is 9.84. The molecule has 13 heavy (non-hydrogen) atoms. The average Bonchev–Trinajstić information content (AvgIpc) is 2.08. The van der Waals surface area contributed by atoms with Crippen LogP contribution in [0, 0.1) is 15.9 Å². The van der Waals surface area contributed by atoms with Crippen LogP contribution in [0.25, 0.3) is 6.08 Å². The normalized spacial score (nSPS) is 11.4. The summed E-state index contributed by atoms with van der Waals surface area (Å²) in [6, 6.07) is 5.50. The first-order valence-electron chi connectivity index (χ1n) is 3.68. The van der Waals surface area contributed by atoms with Crippen molar-refractivity contribution < 1.29 is 9.31 Å². The Morgan fingerprint density at radius 1 is 1.46 bits per heavy atom. The van der Waals surface area contributed by atoms with Gasteiger partial charge in [-0.1, -0.05) is 12.1 Å². The van der Waals surface area contributed by atoms with Gasteiger partial charge in [-0.25, -0.2) is 4.39 Å². The van der Waals surface area contributed by atoms with Gasteiger partial charge in [-0.2, -0.15) is 0 Å². The van der Waals surface area contributed by atoms with Crippen LogP contribution in [0.1, 0.15) is 12.5 Å². The molecule has 1 aromatic carbocycles. The van der Waals surface area contributed by atoms with Crippen molar-refractivity contribution in [2.24, 2.45) is 0 Å². The highest BCUT2D eigenvalue weighted by Gasteiger charge is 2.01. The molecular weight excluding hydrogens is 173 g/mol. The van der Waals surface area contributed by atoms with E-state index in [1.54, 1.807) is 0 Å². The second-order valence-corrected chi connectivity index (χ2v) is 2.59. The van der Waals surface area contributed by atoms with E-state index < -0.39 is 4.92 Å². The molecule has 0 bridgehead atoms. The lowest BCUT2D eigenvalue weighted by molar-refractivity contribution is -0.422. The smallest absolute Gasteiger partial charge is 0.243 e. The summed E-state index contributed by atoms with van der Waals surface area (Å²) in [5.41, 5.74) is 0.655. The number of halogens is 1. The lowest BCUT2D eigenvalue weighted by Crippen LogP contribution is -1.92. The number of hydrogen-bond donors (Lipinski definition) is 0. The van der Waals surface area contributed by atoms with Gasteiger partial charge in [0, 0.05) is 13.0 Å². The molecule has 4 heteroatoms. The van der Waals surface area contributed by atoms with E-state index in [0.717, 1.165) is 0 Å². The van der Waals surface area contributed by atoms with Gasteiger partial charge in [0.1, 0.15) is 5.82 Å². The van der Waals surface area contributed by atoms with Crippen molar-refractivity contribution in [3.8, 4) is 0 Å². The maximum Gasteiger partial charge on any atom is 0.243 e. The maximum absolute atomic E-state index is 12.4. The summed E-state index contributed by atoms with van der Waals surface area (Å²) in [7, 11) is 0. The Morgan fingerprint density at radius 3 is 2.46 bits per heavy atom. The summed E-state index contributed by atoms with van der Waals surface area (Å²) >= 11 is 0. The van der Waals surface area contributed by atoms with E-state index in [4.69, 9.17) is 0 Å². The Hall–Kier alpha value is -1.71. The molecule has 0 heterocycles. The zero-order valence-corrected chi connectivity index (χ0v) is 7.03. The van der Waals surface area contributed by atoms with Crippen molar-refractivity contribution in [2.45, 2.75) is 6.92 Å². The molecule has 0 amide bonds. The van der Waals surface area contributed by atoms with E-state index in [1.165, 1.54) is 37.3 Å². The molecule has 0 unspecified atom stereocenters. The molecule has 0 spiro atoms. The van der Waals surface area contributed by atoms with Crippen LogP contribution in [-0.4, -0.2) is 4.92 Å². The summed E-state index contributed by atoms with van der Waals surface area (Å²) in [5.74, 6) is -0.351. The van der Waals surface area contributed by atoms with Gasteiger partial charge in [0.2, 0.25) is 5.70 Å². The molecule has 0 radical (unpaired) electrons. The van der Waals surface area contributed by atoms with Crippen LogP contribution >= 0.6 is 0 Å². The van der Waals surface area contributed by atoms with Gasteiger partial charge in [0.25, 0.3) is 0 Å². The minimum Gasteiger partial charge on any atom is -0.259 e. The molecule has 0 aliphatic carbocycles. The second kappa shape index (κ2) is 3.80. The Morgan fingerprint density at radius 2 is 2.00 bits per heavy atom. The molecule has 0 saturated carbocycles. The molecule has 0 fully saturated rings. The van der Waals surface area contributed by atoms with Crippen molar-refractivity contribution in [3.05, 3.63) is 51.5 Å². The number of hydrogen-bond acceptors (Lipinski definition) is 2. The van der Waals surface area contributed by atoms with E-state index in [0.29, 0.717) is 5.56 Å². The summed E-state index contributed by atoms with van der Waals surface area (Å²) in [6.07, 6.45) is 1.39. The summed E-state index contributed by atoms with van der Waals surface area (Å²) in [6.45, 7) is 1.39. The monoisotopic (exact) mass is 181 g/mol. The van der Waals surface area contributed by atoms with Crippen molar-refractivity contribution >= 4 is 6.08 Å². The Kier molecular flexibility index (Phi) is 2.74. The molecular formula is C9H8FNO2. The van der Waals surface area contributed by atoms with Crippen LogP contribution < -0.4 is 0 Å². The van der Waals surface area contributed by atoms with Crippen LogP contribution in [0.3, 0.4) is 0 Å². The van der Waals surface area contributed by atoms with E-state index in [1.807, 2.05) is 0 Å². The molecule has 1 aromatic rings. The lowest BCUT2D eigenvalue weighted by Gasteiger charge is -1.92. The first kappa shape index (κ1) is 9.38. The Labute approximate surface area is 74.7 Å². The van der Waals surface area contributed by atoms with Crippen LogP contribution in [0.5, 0.6) is 0 Å². The summed E-state index contributed by atoms with van der Waals surface area (Å²) in [4.78, 5) is 9.75. The minimum atomic E-state index is -0.483. The van der Waals surface area contributed by atoms with Gasteiger partial charge >= 0.3 is 0 Å². The SMILES string of the molecule is C/C(=C/c1ccc(F)cc1)[N+](=O)[O-]. The highest BCUT2D eigenvalue weighted by molar-refractivity contribution is 5.50. The molecule has 68 valence electrons. The van der Waals surface area contributed by atoms with E-state index in [2.05, 4.69) is 0 Å². The molecule has 0 aliphatic heterocycles. The van der Waals surface area contributed by atoms with Gasteiger partial charge < -0.3 is 0 Å². The second-order valence-electron chi connectivity index (χ2n) is 2.59. The van der Waals surface area contributed by atoms with Crippen molar-refractivity contribution in [3.63, 3.8) is 0 Å². The number of benzene rings is 1. The minimum absolute atomic E-state index is 0.0339. The Bertz CT molecular complexity index is 343. The van der Waals surface area contributed by atoms with Crippen LogP contribution in [0.4, 0.5) is 4.39 Å². The zero-order valence-electron chi connectivity index (χ0n) is 7.03. The fourth-order valence-corrected chi connectivity index (χ4v) is 0.853. The molecule has 0 aliphatic rings. The fourth-order valence-electron chi connectivity index (χ4n) is 0.853. The van der Waals surface area contributed by atoms with Gasteiger partial charge in [-0.05, 0) is 17.7 Å². The highest BCUT2D eigenvalue weighted by atomic mass is 19.1. The molecule has 0 aromatic heterocycles. The molecule has 0 N–H and O–H groups in total. The quantitative estimate of drug-likeness (QED) is 0.519. The Balaban J connectivity index is 2.92. The third-order valence-corrected chi connectivity index (χ3v) is 1.53. The maximum atomic E-state index is 12.4. The highest BCUT2D eigenvalue weighted by Crippen LogP contribution is 2.07. The summed E-state index contributed by atoms with van der Waals surface area (Å²) < 4.78 is 12.4. The molecule has 0 saturated heterocycles. The lowest BCUT2D eigenvalue weighted by atomic mass is 10.2. The van der Waals surface area contributed by atoms with Crippen molar-refractivity contribution in [2.75, 3.05) is 0 Å². The predicted octanol–water partition coefficient (Wildman–Crippen LogP) is 2.46. The first-order valence-corrected chi connectivity index (χ1v) is 3.68. The van der Waals surface area contributed by atoms with Gasteiger partial charge in [0.05, 0.1) is 4.92 Å². The van der Waals surface area contributed by atoms with Gasteiger partial charge in [-0.15, -0.1) is 0 Å². The fraction of sp³-hybridized carbons (Fsp3) is 0.111. The van der Waals surface area contributed by atoms with Crippen molar-refractivity contribution in [1.82, 2.24) is 0 Å². The molecule has 1 rings (SSSR count). The molecule has 0 atom stereocenters. The van der Waals surface area contributed by atoms with E-state index in [-0.39, 0.29) is 11.5 Å². The number of allylic oxidation sites excluding steroid dienone is 1. The standard InChI is InChI=1S/C9H8FNO2/c1-7(11(12)13)6-8-2-4-9(10)5-3-8/h2-6H,1H3/b7-6-. The van der Waals surface area contributed by atoms with Crippen molar-refractivity contribution in [1.29, 1.82) is 0 Å². The average molecular weight is 181 g/mol. The number of nitrogens with zero attached hydrogens (tertiary/aromatic N) is 1. The van der Waals surface area contributed by atoms with Gasteiger partial charge in [-0.3, -0.25) is 10.1 Å². The topological polar surface area (TPSA) is 43.1 Å². The predicted molar refractivity (Wildman–Crippen MR) is 47.0 cm³/mol. The summed E-state index contributed by atoms with van der Waals surface area (Å²) in [5, 5.41) is 10.2. The molecule has 3 nitrogen and oxygen atoms in total.